The van der Waals surface area contributed by atoms with E-state index in [2.05, 4.69) is 58.7 Å². The van der Waals surface area contributed by atoms with E-state index in [0.29, 0.717) is 17.5 Å². The molecule has 0 fully saturated rings. The summed E-state index contributed by atoms with van der Waals surface area (Å²) in [5.74, 6) is 0. The van der Waals surface area contributed by atoms with Gasteiger partial charge in [0.2, 0.25) is 0 Å². The molecule has 1 atom stereocenters. The minimum atomic E-state index is 0.326. The Labute approximate surface area is 116 Å². The average molecular weight is 256 g/mol. The van der Waals surface area contributed by atoms with Gasteiger partial charge in [0.15, 0.2) is 0 Å². The topological polar surface area (TPSA) is 15.3 Å². The first-order valence-electron chi connectivity index (χ1n) is 7.82. The zero-order chi connectivity index (χ0) is 14.2. The molecule has 0 aromatic heterocycles. The Bertz CT molecular complexity index is 199. The van der Waals surface area contributed by atoms with Crippen molar-refractivity contribution in [1.82, 2.24) is 10.2 Å². The van der Waals surface area contributed by atoms with E-state index in [1.807, 2.05) is 0 Å². The lowest BCUT2D eigenvalue weighted by Crippen LogP contribution is -2.48. The lowest BCUT2D eigenvalue weighted by atomic mass is 9.84. The van der Waals surface area contributed by atoms with Crippen molar-refractivity contribution in [2.45, 2.75) is 79.8 Å². The van der Waals surface area contributed by atoms with Crippen molar-refractivity contribution in [2.24, 2.45) is 5.41 Å². The van der Waals surface area contributed by atoms with Crippen molar-refractivity contribution in [1.29, 1.82) is 0 Å². The van der Waals surface area contributed by atoms with Gasteiger partial charge in [-0.2, -0.15) is 0 Å². The predicted molar refractivity (Wildman–Crippen MR) is 83.2 cm³/mol. The van der Waals surface area contributed by atoms with Gasteiger partial charge in [-0.05, 0) is 45.7 Å². The second kappa shape index (κ2) is 8.92. The molecule has 0 rings (SSSR count). The molecule has 2 nitrogen and oxygen atoms in total. The van der Waals surface area contributed by atoms with Crippen LogP contribution >= 0.6 is 0 Å². The Morgan fingerprint density at radius 2 is 1.67 bits per heavy atom. The highest BCUT2D eigenvalue weighted by Gasteiger charge is 2.28. The summed E-state index contributed by atoms with van der Waals surface area (Å²) in [6, 6.07) is 1.21. The molecule has 0 bridgehead atoms. The molecule has 0 aromatic rings. The Morgan fingerprint density at radius 3 is 2.11 bits per heavy atom. The second-order valence-corrected chi connectivity index (χ2v) is 6.54. The fraction of sp³-hybridized carbons (Fsp3) is 1.00. The molecule has 2 heteroatoms. The molecule has 1 N–H and O–H groups in total. The molecule has 1 unspecified atom stereocenters. The predicted octanol–water partition coefficient (Wildman–Crippen LogP) is 3.91. The summed E-state index contributed by atoms with van der Waals surface area (Å²) in [6.45, 7) is 19.7. The summed E-state index contributed by atoms with van der Waals surface area (Å²) in [5, 5.41) is 3.57. The van der Waals surface area contributed by atoms with Gasteiger partial charge in [-0.25, -0.2) is 0 Å². The number of nitrogens with one attached hydrogen (secondary N) is 1. The molecule has 0 spiro atoms. The number of nitrogens with zero attached hydrogens (tertiary/aromatic N) is 1. The lowest BCUT2D eigenvalue weighted by Gasteiger charge is -2.39. The number of rotatable bonds is 10. The standard InChI is InChI=1S/C16H36N2/c1-8-10-11-12-18(14(3)4)13-16(6,7)15(5)17-9-2/h14-15,17H,8-13H2,1-7H3. The highest BCUT2D eigenvalue weighted by atomic mass is 15.2. The van der Waals surface area contributed by atoms with Gasteiger partial charge in [-0.15, -0.1) is 0 Å². The van der Waals surface area contributed by atoms with E-state index in [1.54, 1.807) is 0 Å². The summed E-state index contributed by atoms with van der Waals surface area (Å²) in [7, 11) is 0. The Balaban J connectivity index is 4.36. The molecule has 0 saturated heterocycles. The molecule has 0 aliphatic carbocycles. The lowest BCUT2D eigenvalue weighted by molar-refractivity contribution is 0.116. The van der Waals surface area contributed by atoms with Crippen molar-refractivity contribution < 1.29 is 0 Å². The van der Waals surface area contributed by atoms with Gasteiger partial charge >= 0.3 is 0 Å². The van der Waals surface area contributed by atoms with Crippen molar-refractivity contribution in [3.63, 3.8) is 0 Å². The van der Waals surface area contributed by atoms with Gasteiger partial charge in [0.05, 0.1) is 0 Å². The minimum absolute atomic E-state index is 0.326. The van der Waals surface area contributed by atoms with E-state index >= 15 is 0 Å². The SMILES string of the molecule is CCCCCN(CC(C)(C)C(C)NCC)C(C)C. The van der Waals surface area contributed by atoms with Crippen molar-refractivity contribution in [3.05, 3.63) is 0 Å². The van der Waals surface area contributed by atoms with Crippen LogP contribution in [0.5, 0.6) is 0 Å². The molecule has 110 valence electrons. The highest BCUT2D eigenvalue weighted by Crippen LogP contribution is 2.23. The summed E-state index contributed by atoms with van der Waals surface area (Å²) in [5.41, 5.74) is 0.326. The molecule has 18 heavy (non-hydrogen) atoms. The zero-order valence-electron chi connectivity index (χ0n) is 13.8. The first-order valence-corrected chi connectivity index (χ1v) is 7.82. The largest absolute Gasteiger partial charge is 0.314 e. The van der Waals surface area contributed by atoms with Crippen LogP contribution in [-0.2, 0) is 0 Å². The van der Waals surface area contributed by atoms with Gasteiger partial charge in [0, 0.05) is 18.6 Å². The van der Waals surface area contributed by atoms with Crippen LogP contribution in [0.15, 0.2) is 0 Å². The third kappa shape index (κ3) is 6.75. The Kier molecular flexibility index (Phi) is 8.89. The monoisotopic (exact) mass is 256 g/mol. The van der Waals surface area contributed by atoms with Crippen LogP contribution in [0.3, 0.4) is 0 Å². The van der Waals surface area contributed by atoms with E-state index in [4.69, 9.17) is 0 Å². The Morgan fingerprint density at radius 1 is 1.06 bits per heavy atom. The van der Waals surface area contributed by atoms with Crippen LogP contribution in [0, 0.1) is 5.41 Å². The average Bonchev–Trinajstić information content (AvgIpc) is 2.28. The van der Waals surface area contributed by atoms with Crippen LogP contribution in [0.25, 0.3) is 0 Å². The van der Waals surface area contributed by atoms with Crippen LogP contribution in [-0.4, -0.2) is 36.6 Å². The van der Waals surface area contributed by atoms with Crippen LogP contribution in [0.4, 0.5) is 0 Å². The normalized spacial score (nSPS) is 14.5. The van der Waals surface area contributed by atoms with Gasteiger partial charge in [-0.3, -0.25) is 0 Å². The van der Waals surface area contributed by atoms with Crippen molar-refractivity contribution in [3.8, 4) is 0 Å². The van der Waals surface area contributed by atoms with E-state index in [0.717, 1.165) is 6.54 Å². The van der Waals surface area contributed by atoms with Crippen LogP contribution < -0.4 is 5.32 Å². The Hall–Kier alpha value is -0.0800. The van der Waals surface area contributed by atoms with Gasteiger partial charge in [-0.1, -0.05) is 40.5 Å². The van der Waals surface area contributed by atoms with E-state index in [-0.39, 0.29) is 0 Å². The smallest absolute Gasteiger partial charge is 0.0102 e. The molecule has 0 amide bonds. The summed E-state index contributed by atoms with van der Waals surface area (Å²) < 4.78 is 0. The fourth-order valence-electron chi connectivity index (χ4n) is 2.33. The number of unbranched alkanes of at least 4 members (excludes halogenated alkanes) is 2. The summed E-state index contributed by atoms with van der Waals surface area (Å²) in [4.78, 5) is 2.64. The van der Waals surface area contributed by atoms with Crippen LogP contribution in [0.1, 0.15) is 67.7 Å². The molecule has 0 aliphatic rings. The minimum Gasteiger partial charge on any atom is -0.314 e. The van der Waals surface area contributed by atoms with Crippen molar-refractivity contribution in [2.75, 3.05) is 19.6 Å². The second-order valence-electron chi connectivity index (χ2n) is 6.54. The number of hydrogen-bond acceptors (Lipinski definition) is 2. The molecule has 0 aliphatic heterocycles. The molecule has 0 radical (unpaired) electrons. The van der Waals surface area contributed by atoms with Crippen LogP contribution in [0.2, 0.25) is 0 Å². The zero-order valence-corrected chi connectivity index (χ0v) is 13.8. The molecule has 0 heterocycles. The molecular weight excluding hydrogens is 220 g/mol. The number of hydrogen-bond donors (Lipinski definition) is 1. The van der Waals surface area contributed by atoms with Gasteiger partial charge in [0.25, 0.3) is 0 Å². The summed E-state index contributed by atoms with van der Waals surface area (Å²) in [6.07, 6.45) is 4.00. The highest BCUT2D eigenvalue weighted by molar-refractivity contribution is 4.84. The molecule has 0 saturated carbocycles. The van der Waals surface area contributed by atoms with E-state index < -0.39 is 0 Å². The maximum atomic E-state index is 3.57. The first kappa shape index (κ1) is 17.9. The summed E-state index contributed by atoms with van der Waals surface area (Å²) >= 11 is 0. The first-order chi connectivity index (χ1) is 8.35. The van der Waals surface area contributed by atoms with Gasteiger partial charge < -0.3 is 10.2 Å². The van der Waals surface area contributed by atoms with Gasteiger partial charge in [0.1, 0.15) is 0 Å². The quantitative estimate of drug-likeness (QED) is 0.596. The maximum absolute atomic E-state index is 3.57. The third-order valence-corrected chi connectivity index (χ3v) is 4.07. The van der Waals surface area contributed by atoms with E-state index in [9.17, 15) is 0 Å². The molecular formula is C16H36N2. The third-order valence-electron chi connectivity index (χ3n) is 4.07. The molecule has 0 aromatic carbocycles. The fourth-order valence-corrected chi connectivity index (χ4v) is 2.33. The van der Waals surface area contributed by atoms with Crippen molar-refractivity contribution >= 4 is 0 Å². The maximum Gasteiger partial charge on any atom is 0.0102 e. The van der Waals surface area contributed by atoms with E-state index in [1.165, 1.54) is 32.4 Å².